The molecule has 1 aliphatic rings. The standard InChI is InChI=1S/C12H12BrFN2/c13-7-4-10(14)9-6-12(15)16(11(9)5-7)8-2-1-3-8/h4-6,8H,1-3,15H2. The summed E-state index contributed by atoms with van der Waals surface area (Å²) in [5.41, 5.74) is 6.86. The van der Waals surface area contributed by atoms with Gasteiger partial charge in [0.2, 0.25) is 0 Å². The normalized spacial score (nSPS) is 16.6. The zero-order valence-electron chi connectivity index (χ0n) is 8.71. The fourth-order valence-corrected chi connectivity index (χ4v) is 2.74. The lowest BCUT2D eigenvalue weighted by atomic mass is 9.93. The molecule has 0 spiro atoms. The number of halogens is 2. The maximum atomic E-state index is 13.7. The van der Waals surface area contributed by atoms with Crippen molar-refractivity contribution >= 4 is 32.7 Å². The number of nitrogens with two attached hydrogens (primary N) is 1. The minimum Gasteiger partial charge on any atom is -0.385 e. The van der Waals surface area contributed by atoms with Crippen LogP contribution in [-0.4, -0.2) is 4.57 Å². The Hall–Kier alpha value is -1.03. The van der Waals surface area contributed by atoms with Gasteiger partial charge in [-0.15, -0.1) is 0 Å². The molecular formula is C12H12BrFN2. The summed E-state index contributed by atoms with van der Waals surface area (Å²) in [7, 11) is 0. The van der Waals surface area contributed by atoms with E-state index in [-0.39, 0.29) is 5.82 Å². The van der Waals surface area contributed by atoms with E-state index in [0.29, 0.717) is 17.2 Å². The van der Waals surface area contributed by atoms with Crippen LogP contribution in [0.15, 0.2) is 22.7 Å². The molecule has 16 heavy (non-hydrogen) atoms. The van der Waals surface area contributed by atoms with Gasteiger partial charge in [-0.1, -0.05) is 15.9 Å². The molecule has 84 valence electrons. The van der Waals surface area contributed by atoms with Gasteiger partial charge in [-0.2, -0.15) is 0 Å². The van der Waals surface area contributed by atoms with Gasteiger partial charge in [0.05, 0.1) is 5.52 Å². The predicted molar refractivity (Wildman–Crippen MR) is 66.9 cm³/mol. The van der Waals surface area contributed by atoms with Crippen molar-refractivity contribution in [2.24, 2.45) is 0 Å². The van der Waals surface area contributed by atoms with E-state index in [4.69, 9.17) is 5.73 Å². The van der Waals surface area contributed by atoms with E-state index >= 15 is 0 Å². The summed E-state index contributed by atoms with van der Waals surface area (Å²) in [4.78, 5) is 0. The summed E-state index contributed by atoms with van der Waals surface area (Å²) >= 11 is 3.32. The number of anilines is 1. The number of aromatic nitrogens is 1. The largest absolute Gasteiger partial charge is 0.385 e. The van der Waals surface area contributed by atoms with Crippen molar-refractivity contribution < 1.29 is 4.39 Å². The fraction of sp³-hybridized carbons (Fsp3) is 0.333. The van der Waals surface area contributed by atoms with E-state index in [0.717, 1.165) is 22.8 Å². The molecule has 2 nitrogen and oxygen atoms in total. The Kier molecular flexibility index (Phi) is 2.21. The maximum Gasteiger partial charge on any atom is 0.133 e. The summed E-state index contributed by atoms with van der Waals surface area (Å²) in [5, 5.41) is 0.618. The van der Waals surface area contributed by atoms with Crippen LogP contribution in [0.2, 0.25) is 0 Å². The van der Waals surface area contributed by atoms with Gasteiger partial charge in [-0.05, 0) is 37.5 Å². The van der Waals surface area contributed by atoms with Crippen molar-refractivity contribution in [1.82, 2.24) is 4.57 Å². The van der Waals surface area contributed by atoms with Crippen LogP contribution in [0.1, 0.15) is 25.3 Å². The Morgan fingerprint density at radius 3 is 2.69 bits per heavy atom. The smallest absolute Gasteiger partial charge is 0.133 e. The fourth-order valence-electron chi connectivity index (χ4n) is 2.32. The first-order chi connectivity index (χ1) is 7.66. The van der Waals surface area contributed by atoms with E-state index in [1.165, 1.54) is 12.5 Å². The molecule has 0 radical (unpaired) electrons. The predicted octanol–water partition coefficient (Wildman–Crippen LogP) is 3.85. The summed E-state index contributed by atoms with van der Waals surface area (Å²) in [6.07, 6.45) is 3.52. The average molecular weight is 283 g/mol. The topological polar surface area (TPSA) is 30.9 Å². The molecule has 0 aliphatic heterocycles. The van der Waals surface area contributed by atoms with E-state index in [1.807, 2.05) is 6.07 Å². The number of hydrogen-bond acceptors (Lipinski definition) is 1. The van der Waals surface area contributed by atoms with Gasteiger partial charge < -0.3 is 10.3 Å². The second kappa shape index (κ2) is 3.48. The molecule has 0 amide bonds. The quantitative estimate of drug-likeness (QED) is 0.846. The lowest BCUT2D eigenvalue weighted by Gasteiger charge is -2.29. The summed E-state index contributed by atoms with van der Waals surface area (Å²) in [6, 6.07) is 5.60. The molecule has 4 heteroatoms. The van der Waals surface area contributed by atoms with Crippen molar-refractivity contribution in [2.45, 2.75) is 25.3 Å². The van der Waals surface area contributed by atoms with Gasteiger partial charge in [0.15, 0.2) is 0 Å². The highest BCUT2D eigenvalue weighted by atomic mass is 79.9. The van der Waals surface area contributed by atoms with Crippen molar-refractivity contribution in [3.8, 4) is 0 Å². The minimum atomic E-state index is -0.214. The molecule has 1 aromatic carbocycles. The molecule has 1 fully saturated rings. The Morgan fingerprint density at radius 2 is 2.06 bits per heavy atom. The molecule has 1 aliphatic carbocycles. The lowest BCUT2D eigenvalue weighted by Crippen LogP contribution is -2.18. The molecule has 0 atom stereocenters. The molecule has 2 N–H and O–H groups in total. The maximum absolute atomic E-state index is 13.7. The first-order valence-electron chi connectivity index (χ1n) is 5.42. The van der Waals surface area contributed by atoms with E-state index in [1.54, 1.807) is 6.07 Å². The van der Waals surface area contributed by atoms with E-state index < -0.39 is 0 Å². The summed E-state index contributed by atoms with van der Waals surface area (Å²) in [6.45, 7) is 0. The highest BCUT2D eigenvalue weighted by molar-refractivity contribution is 9.10. The van der Waals surface area contributed by atoms with Crippen molar-refractivity contribution in [1.29, 1.82) is 0 Å². The van der Waals surface area contributed by atoms with Gasteiger partial charge >= 0.3 is 0 Å². The number of benzene rings is 1. The summed E-state index contributed by atoms with van der Waals surface area (Å²) < 4.78 is 16.5. The van der Waals surface area contributed by atoms with Crippen LogP contribution in [0.25, 0.3) is 10.9 Å². The third-order valence-corrected chi connectivity index (χ3v) is 3.80. The van der Waals surface area contributed by atoms with Crippen LogP contribution in [0.5, 0.6) is 0 Å². The Balaban J connectivity index is 2.29. The molecule has 0 saturated heterocycles. The second-order valence-corrected chi connectivity index (χ2v) is 5.26. The van der Waals surface area contributed by atoms with Crippen LogP contribution in [0.4, 0.5) is 10.2 Å². The highest BCUT2D eigenvalue weighted by Crippen LogP contribution is 2.38. The van der Waals surface area contributed by atoms with Gasteiger partial charge in [-0.3, -0.25) is 0 Å². The molecule has 1 saturated carbocycles. The minimum absolute atomic E-state index is 0.214. The zero-order chi connectivity index (χ0) is 11.3. The lowest BCUT2D eigenvalue weighted by molar-refractivity contribution is 0.325. The Morgan fingerprint density at radius 1 is 1.31 bits per heavy atom. The van der Waals surface area contributed by atoms with Gasteiger partial charge in [0.25, 0.3) is 0 Å². The molecule has 2 aromatic rings. The molecular weight excluding hydrogens is 271 g/mol. The van der Waals surface area contributed by atoms with Gasteiger partial charge in [0, 0.05) is 15.9 Å². The van der Waals surface area contributed by atoms with E-state index in [2.05, 4.69) is 20.5 Å². The molecule has 1 heterocycles. The highest BCUT2D eigenvalue weighted by Gasteiger charge is 2.23. The number of nitrogen functional groups attached to an aromatic ring is 1. The van der Waals surface area contributed by atoms with Crippen molar-refractivity contribution in [3.05, 3.63) is 28.5 Å². The van der Waals surface area contributed by atoms with Crippen molar-refractivity contribution in [3.63, 3.8) is 0 Å². The van der Waals surface area contributed by atoms with Crippen molar-refractivity contribution in [2.75, 3.05) is 5.73 Å². The van der Waals surface area contributed by atoms with Gasteiger partial charge in [0.1, 0.15) is 11.6 Å². The number of nitrogens with zero attached hydrogens (tertiary/aromatic N) is 1. The summed E-state index contributed by atoms with van der Waals surface area (Å²) in [5.74, 6) is 0.450. The Labute approximate surface area is 101 Å². The van der Waals surface area contributed by atoms with Crippen LogP contribution in [0.3, 0.4) is 0 Å². The van der Waals surface area contributed by atoms with Gasteiger partial charge in [-0.25, -0.2) is 4.39 Å². The van der Waals surface area contributed by atoms with Crippen LogP contribution in [-0.2, 0) is 0 Å². The molecule has 0 bridgehead atoms. The number of rotatable bonds is 1. The first kappa shape index (κ1) is 10.1. The van der Waals surface area contributed by atoms with Crippen LogP contribution >= 0.6 is 15.9 Å². The third kappa shape index (κ3) is 1.36. The monoisotopic (exact) mass is 282 g/mol. The Bertz CT molecular complexity index is 558. The number of fused-ring (bicyclic) bond motifs is 1. The van der Waals surface area contributed by atoms with Crippen LogP contribution < -0.4 is 5.73 Å². The third-order valence-electron chi connectivity index (χ3n) is 3.34. The SMILES string of the molecule is Nc1cc2c(F)cc(Br)cc2n1C1CCC1. The molecule has 1 aromatic heterocycles. The second-order valence-electron chi connectivity index (χ2n) is 4.34. The van der Waals surface area contributed by atoms with Crippen LogP contribution in [0, 0.1) is 5.82 Å². The van der Waals surface area contributed by atoms with E-state index in [9.17, 15) is 4.39 Å². The molecule has 0 unspecified atom stereocenters. The number of hydrogen-bond donors (Lipinski definition) is 1. The molecule has 3 rings (SSSR count). The first-order valence-corrected chi connectivity index (χ1v) is 6.21. The zero-order valence-corrected chi connectivity index (χ0v) is 10.3. The average Bonchev–Trinajstić information content (AvgIpc) is 2.43.